The number of piperidine rings is 1. The number of nitrogens with zero attached hydrogens (tertiary/aromatic N) is 3. The van der Waals surface area contributed by atoms with E-state index in [9.17, 15) is 0 Å². The minimum atomic E-state index is 0.346. The molecule has 0 spiro atoms. The molecule has 1 atom stereocenters. The Bertz CT molecular complexity index is 853. The third-order valence-electron chi connectivity index (χ3n) is 5.51. The van der Waals surface area contributed by atoms with Gasteiger partial charge in [-0.15, -0.1) is 11.3 Å². The van der Waals surface area contributed by atoms with Crippen molar-refractivity contribution in [3.8, 4) is 11.1 Å². The van der Waals surface area contributed by atoms with Crippen molar-refractivity contribution >= 4 is 27.4 Å². The number of rotatable bonds is 5. The highest BCUT2D eigenvalue weighted by molar-refractivity contribution is 7.17. The Morgan fingerprint density at radius 2 is 1.96 bits per heavy atom. The van der Waals surface area contributed by atoms with Gasteiger partial charge in [-0.3, -0.25) is 0 Å². The van der Waals surface area contributed by atoms with E-state index in [0.717, 1.165) is 42.5 Å². The van der Waals surface area contributed by atoms with E-state index < -0.39 is 0 Å². The molecule has 1 aliphatic heterocycles. The van der Waals surface area contributed by atoms with Crippen molar-refractivity contribution in [2.75, 3.05) is 18.0 Å². The summed E-state index contributed by atoms with van der Waals surface area (Å²) in [6, 6.07) is 10.9. The Kier molecular flexibility index (Phi) is 5.18. The van der Waals surface area contributed by atoms with Crippen molar-refractivity contribution in [2.24, 2.45) is 11.7 Å². The first-order valence-electron chi connectivity index (χ1n) is 9.54. The lowest BCUT2D eigenvalue weighted by atomic mass is 9.89. The standard InChI is InChI=1S/C21H26N4S/c1-2-17(22)12-15-8-10-25(11-9-15)20-19-18(16-6-4-3-5-7-16)13-26-21(19)24-14-23-20/h3-7,13-15,17H,2,8-12,22H2,1H3. The maximum Gasteiger partial charge on any atom is 0.141 e. The molecule has 4 nitrogen and oxygen atoms in total. The fourth-order valence-electron chi connectivity index (χ4n) is 3.90. The van der Waals surface area contributed by atoms with Gasteiger partial charge in [0.2, 0.25) is 0 Å². The Balaban J connectivity index is 1.61. The van der Waals surface area contributed by atoms with Crippen LogP contribution in [-0.4, -0.2) is 29.1 Å². The Morgan fingerprint density at radius 1 is 1.19 bits per heavy atom. The van der Waals surface area contributed by atoms with Crippen LogP contribution >= 0.6 is 11.3 Å². The summed E-state index contributed by atoms with van der Waals surface area (Å²) >= 11 is 1.70. The summed E-state index contributed by atoms with van der Waals surface area (Å²) in [6.45, 7) is 4.29. The van der Waals surface area contributed by atoms with Gasteiger partial charge in [0.15, 0.2) is 0 Å². The number of hydrogen-bond acceptors (Lipinski definition) is 5. The average Bonchev–Trinajstić information content (AvgIpc) is 3.13. The fraction of sp³-hybridized carbons (Fsp3) is 0.429. The van der Waals surface area contributed by atoms with Crippen LogP contribution in [0.15, 0.2) is 42.0 Å². The number of nitrogens with two attached hydrogens (primary N) is 1. The maximum absolute atomic E-state index is 6.16. The van der Waals surface area contributed by atoms with Crippen LogP contribution < -0.4 is 10.6 Å². The molecule has 0 bridgehead atoms. The minimum absolute atomic E-state index is 0.346. The second kappa shape index (κ2) is 7.72. The molecule has 1 unspecified atom stereocenters. The smallest absolute Gasteiger partial charge is 0.141 e. The molecule has 136 valence electrons. The molecular weight excluding hydrogens is 340 g/mol. The van der Waals surface area contributed by atoms with Gasteiger partial charge in [-0.2, -0.15) is 0 Å². The summed E-state index contributed by atoms with van der Waals surface area (Å²) in [6.07, 6.45) is 6.33. The van der Waals surface area contributed by atoms with Gasteiger partial charge in [-0.1, -0.05) is 37.3 Å². The molecule has 26 heavy (non-hydrogen) atoms. The third kappa shape index (κ3) is 3.46. The van der Waals surface area contributed by atoms with E-state index in [1.165, 1.54) is 29.4 Å². The molecule has 3 heterocycles. The molecule has 0 radical (unpaired) electrons. The zero-order valence-corrected chi connectivity index (χ0v) is 16.1. The van der Waals surface area contributed by atoms with E-state index in [0.29, 0.717) is 6.04 Å². The van der Waals surface area contributed by atoms with Crippen LogP contribution in [0.4, 0.5) is 5.82 Å². The zero-order valence-electron chi connectivity index (χ0n) is 15.3. The molecule has 0 saturated carbocycles. The second-order valence-corrected chi connectivity index (χ2v) is 8.09. The first-order chi connectivity index (χ1) is 12.8. The molecule has 5 heteroatoms. The third-order valence-corrected chi connectivity index (χ3v) is 6.40. The predicted molar refractivity (Wildman–Crippen MR) is 111 cm³/mol. The molecule has 4 rings (SSSR count). The molecule has 2 N–H and O–H groups in total. The van der Waals surface area contributed by atoms with Crippen LogP contribution in [-0.2, 0) is 0 Å². The SMILES string of the molecule is CCC(N)CC1CCN(c2ncnc3scc(-c4ccccc4)c23)CC1. The summed E-state index contributed by atoms with van der Waals surface area (Å²) in [7, 11) is 0. The Labute approximate surface area is 159 Å². The highest BCUT2D eigenvalue weighted by Gasteiger charge is 2.24. The van der Waals surface area contributed by atoms with Gasteiger partial charge in [0.05, 0.1) is 5.39 Å². The molecule has 1 fully saturated rings. The fourth-order valence-corrected chi connectivity index (χ4v) is 4.82. The number of fused-ring (bicyclic) bond motifs is 1. The molecule has 1 aromatic carbocycles. The van der Waals surface area contributed by atoms with E-state index in [1.54, 1.807) is 17.7 Å². The molecule has 0 aliphatic carbocycles. The monoisotopic (exact) mass is 366 g/mol. The van der Waals surface area contributed by atoms with Crippen LogP contribution in [0.1, 0.15) is 32.6 Å². The molecule has 0 amide bonds. The first kappa shape index (κ1) is 17.4. The van der Waals surface area contributed by atoms with Crippen molar-refractivity contribution in [1.29, 1.82) is 0 Å². The predicted octanol–water partition coefficient (Wildman–Crippen LogP) is 4.70. The van der Waals surface area contributed by atoms with Gasteiger partial charge in [0.1, 0.15) is 17.0 Å². The number of aromatic nitrogens is 2. The van der Waals surface area contributed by atoms with Crippen LogP contribution in [0.2, 0.25) is 0 Å². The van der Waals surface area contributed by atoms with Gasteiger partial charge >= 0.3 is 0 Å². The van der Waals surface area contributed by atoms with Gasteiger partial charge in [0.25, 0.3) is 0 Å². The van der Waals surface area contributed by atoms with E-state index in [1.807, 2.05) is 0 Å². The highest BCUT2D eigenvalue weighted by atomic mass is 32.1. The van der Waals surface area contributed by atoms with Crippen molar-refractivity contribution in [3.05, 3.63) is 42.0 Å². The number of benzene rings is 1. The van der Waals surface area contributed by atoms with Gasteiger partial charge in [0, 0.05) is 30.1 Å². The molecule has 3 aromatic rings. The lowest BCUT2D eigenvalue weighted by molar-refractivity contribution is 0.349. The highest BCUT2D eigenvalue weighted by Crippen LogP contribution is 2.38. The summed E-state index contributed by atoms with van der Waals surface area (Å²) in [4.78, 5) is 12.7. The van der Waals surface area contributed by atoms with Gasteiger partial charge in [-0.25, -0.2) is 9.97 Å². The van der Waals surface area contributed by atoms with Crippen molar-refractivity contribution < 1.29 is 0 Å². The van der Waals surface area contributed by atoms with Crippen molar-refractivity contribution in [2.45, 2.75) is 38.6 Å². The molecular formula is C21H26N4S. The van der Waals surface area contributed by atoms with E-state index in [2.05, 4.69) is 57.5 Å². The van der Waals surface area contributed by atoms with Crippen LogP contribution in [0.25, 0.3) is 21.3 Å². The number of anilines is 1. The average molecular weight is 367 g/mol. The van der Waals surface area contributed by atoms with Crippen molar-refractivity contribution in [3.63, 3.8) is 0 Å². The lowest BCUT2D eigenvalue weighted by Crippen LogP contribution is -2.36. The minimum Gasteiger partial charge on any atom is -0.356 e. The normalized spacial score (nSPS) is 16.9. The van der Waals surface area contributed by atoms with Crippen molar-refractivity contribution in [1.82, 2.24) is 9.97 Å². The van der Waals surface area contributed by atoms with Crippen LogP contribution in [0.5, 0.6) is 0 Å². The quantitative estimate of drug-likeness (QED) is 0.711. The van der Waals surface area contributed by atoms with E-state index in [4.69, 9.17) is 5.73 Å². The van der Waals surface area contributed by atoms with Gasteiger partial charge in [-0.05, 0) is 37.2 Å². The summed E-state index contributed by atoms with van der Waals surface area (Å²) in [5.41, 5.74) is 8.64. The van der Waals surface area contributed by atoms with Gasteiger partial charge < -0.3 is 10.6 Å². The summed E-state index contributed by atoms with van der Waals surface area (Å²) < 4.78 is 0. The van der Waals surface area contributed by atoms with E-state index >= 15 is 0 Å². The first-order valence-corrected chi connectivity index (χ1v) is 10.4. The lowest BCUT2D eigenvalue weighted by Gasteiger charge is -2.34. The number of hydrogen-bond donors (Lipinski definition) is 1. The van der Waals surface area contributed by atoms with E-state index in [-0.39, 0.29) is 0 Å². The molecule has 1 aliphatic rings. The topological polar surface area (TPSA) is 55.0 Å². The van der Waals surface area contributed by atoms with Crippen LogP contribution in [0.3, 0.4) is 0 Å². The largest absolute Gasteiger partial charge is 0.356 e. The van der Waals surface area contributed by atoms with Crippen LogP contribution in [0, 0.1) is 5.92 Å². The Morgan fingerprint density at radius 3 is 2.69 bits per heavy atom. The summed E-state index contributed by atoms with van der Waals surface area (Å²) in [5.74, 6) is 1.84. The molecule has 2 aromatic heterocycles. The zero-order chi connectivity index (χ0) is 17.9. The number of thiophene rings is 1. The Hall–Kier alpha value is -1.98. The summed E-state index contributed by atoms with van der Waals surface area (Å²) in [5, 5.41) is 3.41. The second-order valence-electron chi connectivity index (χ2n) is 7.23. The molecule has 1 saturated heterocycles. The maximum atomic E-state index is 6.16.